The number of hydrogen-bond donors (Lipinski definition) is 2. The van der Waals surface area contributed by atoms with Crippen LogP contribution in [0.3, 0.4) is 0 Å². The minimum absolute atomic E-state index is 0.0384. The standard InChI is InChI=1S/C16H23FN2O/c1-12(13-5-7-14(17)8-6-13)19-15(20)16(11-18)9-3-2-4-10-16/h5-8,12H,2-4,9-11,18H2,1H3,(H,19,20). The molecular formula is C16H23FN2O. The van der Waals surface area contributed by atoms with Crippen LogP contribution in [0.25, 0.3) is 0 Å². The van der Waals surface area contributed by atoms with Crippen molar-refractivity contribution in [2.24, 2.45) is 11.1 Å². The van der Waals surface area contributed by atoms with Gasteiger partial charge in [-0.2, -0.15) is 0 Å². The Kier molecular flexibility index (Phi) is 4.76. The van der Waals surface area contributed by atoms with E-state index < -0.39 is 5.41 Å². The Balaban J connectivity index is 2.04. The molecule has 1 fully saturated rings. The Morgan fingerprint density at radius 3 is 2.45 bits per heavy atom. The van der Waals surface area contributed by atoms with Crippen molar-refractivity contribution in [3.05, 3.63) is 35.6 Å². The molecule has 2 rings (SSSR count). The molecule has 1 atom stereocenters. The molecule has 1 unspecified atom stereocenters. The van der Waals surface area contributed by atoms with E-state index in [1.807, 2.05) is 6.92 Å². The lowest BCUT2D eigenvalue weighted by molar-refractivity contribution is -0.133. The molecule has 1 saturated carbocycles. The first-order valence-electron chi connectivity index (χ1n) is 7.34. The fourth-order valence-corrected chi connectivity index (χ4v) is 2.94. The number of amides is 1. The molecule has 3 nitrogen and oxygen atoms in total. The zero-order valence-corrected chi connectivity index (χ0v) is 12.0. The van der Waals surface area contributed by atoms with Gasteiger partial charge in [0.15, 0.2) is 0 Å². The average molecular weight is 278 g/mol. The fourth-order valence-electron chi connectivity index (χ4n) is 2.94. The van der Waals surface area contributed by atoms with Gasteiger partial charge in [0.2, 0.25) is 5.91 Å². The Morgan fingerprint density at radius 2 is 1.90 bits per heavy atom. The van der Waals surface area contributed by atoms with Gasteiger partial charge in [0, 0.05) is 6.54 Å². The molecule has 20 heavy (non-hydrogen) atoms. The largest absolute Gasteiger partial charge is 0.349 e. The highest BCUT2D eigenvalue weighted by Crippen LogP contribution is 2.36. The highest BCUT2D eigenvalue weighted by Gasteiger charge is 2.38. The SMILES string of the molecule is CC(NC(=O)C1(CN)CCCCC1)c1ccc(F)cc1. The van der Waals surface area contributed by atoms with Crippen molar-refractivity contribution in [3.8, 4) is 0 Å². The van der Waals surface area contributed by atoms with Crippen LogP contribution < -0.4 is 11.1 Å². The van der Waals surface area contributed by atoms with Crippen molar-refractivity contribution in [2.45, 2.75) is 45.1 Å². The van der Waals surface area contributed by atoms with E-state index in [2.05, 4.69) is 5.32 Å². The monoisotopic (exact) mass is 278 g/mol. The molecule has 0 heterocycles. The highest BCUT2D eigenvalue weighted by molar-refractivity contribution is 5.83. The maximum atomic E-state index is 12.9. The summed E-state index contributed by atoms with van der Waals surface area (Å²) in [5.41, 5.74) is 6.36. The smallest absolute Gasteiger partial charge is 0.227 e. The van der Waals surface area contributed by atoms with Crippen molar-refractivity contribution in [2.75, 3.05) is 6.54 Å². The third kappa shape index (κ3) is 3.18. The predicted octanol–water partition coefficient (Wildman–Crippen LogP) is 2.91. The summed E-state index contributed by atoms with van der Waals surface area (Å²) in [5, 5.41) is 3.04. The summed E-state index contributed by atoms with van der Waals surface area (Å²) >= 11 is 0. The molecule has 1 amide bonds. The Labute approximate surface area is 119 Å². The first kappa shape index (κ1) is 15.0. The van der Waals surface area contributed by atoms with Crippen LogP contribution in [0.15, 0.2) is 24.3 Å². The number of hydrogen-bond acceptors (Lipinski definition) is 2. The number of carbonyl (C=O) groups is 1. The molecule has 1 aromatic carbocycles. The summed E-state index contributed by atoms with van der Waals surface area (Å²) in [5.74, 6) is -0.227. The molecule has 110 valence electrons. The van der Waals surface area contributed by atoms with Crippen LogP contribution >= 0.6 is 0 Å². The van der Waals surface area contributed by atoms with Gasteiger partial charge in [-0.3, -0.25) is 4.79 Å². The Bertz CT molecular complexity index is 452. The second-order valence-electron chi connectivity index (χ2n) is 5.79. The minimum atomic E-state index is -0.410. The molecule has 0 radical (unpaired) electrons. The van der Waals surface area contributed by atoms with Gasteiger partial charge in [-0.1, -0.05) is 31.4 Å². The number of rotatable bonds is 4. The van der Waals surface area contributed by atoms with Crippen LogP contribution in [0.2, 0.25) is 0 Å². The molecule has 1 aliphatic rings. The van der Waals surface area contributed by atoms with Crippen LogP contribution in [0, 0.1) is 11.2 Å². The van der Waals surface area contributed by atoms with E-state index in [4.69, 9.17) is 5.73 Å². The molecule has 4 heteroatoms. The van der Waals surface area contributed by atoms with E-state index in [0.29, 0.717) is 6.54 Å². The summed E-state index contributed by atoms with van der Waals surface area (Å²) in [7, 11) is 0. The summed E-state index contributed by atoms with van der Waals surface area (Å²) < 4.78 is 12.9. The van der Waals surface area contributed by atoms with Gasteiger partial charge in [-0.15, -0.1) is 0 Å². The van der Waals surface area contributed by atoms with Crippen molar-refractivity contribution < 1.29 is 9.18 Å². The topological polar surface area (TPSA) is 55.1 Å². The number of halogens is 1. The lowest BCUT2D eigenvalue weighted by Crippen LogP contribution is -2.47. The van der Waals surface area contributed by atoms with E-state index in [0.717, 1.165) is 31.2 Å². The molecule has 0 aliphatic heterocycles. The third-order valence-electron chi connectivity index (χ3n) is 4.40. The van der Waals surface area contributed by atoms with E-state index in [1.165, 1.54) is 18.6 Å². The summed E-state index contributed by atoms with van der Waals surface area (Å²) in [4.78, 5) is 12.5. The lowest BCUT2D eigenvalue weighted by atomic mass is 9.73. The third-order valence-corrected chi connectivity index (χ3v) is 4.40. The highest BCUT2D eigenvalue weighted by atomic mass is 19.1. The van der Waals surface area contributed by atoms with Crippen molar-refractivity contribution in [1.29, 1.82) is 0 Å². The van der Waals surface area contributed by atoms with Crippen molar-refractivity contribution in [3.63, 3.8) is 0 Å². The summed E-state index contributed by atoms with van der Waals surface area (Å²) in [6.07, 6.45) is 5.05. The number of carbonyl (C=O) groups excluding carboxylic acids is 1. The molecule has 1 aliphatic carbocycles. The van der Waals surface area contributed by atoms with Crippen molar-refractivity contribution >= 4 is 5.91 Å². The van der Waals surface area contributed by atoms with E-state index in [-0.39, 0.29) is 17.8 Å². The number of benzene rings is 1. The molecule has 0 saturated heterocycles. The Hall–Kier alpha value is -1.42. The first-order chi connectivity index (χ1) is 9.57. The van der Waals surface area contributed by atoms with E-state index >= 15 is 0 Å². The molecule has 0 bridgehead atoms. The van der Waals surface area contributed by atoms with E-state index in [9.17, 15) is 9.18 Å². The van der Waals surface area contributed by atoms with Gasteiger partial charge in [0.1, 0.15) is 5.82 Å². The van der Waals surface area contributed by atoms with Gasteiger partial charge >= 0.3 is 0 Å². The summed E-state index contributed by atoms with van der Waals surface area (Å²) in [6, 6.07) is 6.11. The van der Waals surface area contributed by atoms with Crippen LogP contribution in [0.1, 0.15) is 50.6 Å². The zero-order chi connectivity index (χ0) is 14.6. The van der Waals surface area contributed by atoms with Gasteiger partial charge in [0.25, 0.3) is 0 Å². The Morgan fingerprint density at radius 1 is 1.30 bits per heavy atom. The van der Waals surface area contributed by atoms with Crippen LogP contribution in [0.5, 0.6) is 0 Å². The van der Waals surface area contributed by atoms with Gasteiger partial charge in [-0.05, 0) is 37.5 Å². The minimum Gasteiger partial charge on any atom is -0.349 e. The van der Waals surface area contributed by atoms with Crippen molar-refractivity contribution in [1.82, 2.24) is 5.32 Å². The van der Waals surface area contributed by atoms with Gasteiger partial charge in [-0.25, -0.2) is 4.39 Å². The normalized spacial score (nSPS) is 19.4. The molecular weight excluding hydrogens is 255 g/mol. The zero-order valence-electron chi connectivity index (χ0n) is 12.0. The van der Waals surface area contributed by atoms with Gasteiger partial charge < -0.3 is 11.1 Å². The predicted molar refractivity (Wildman–Crippen MR) is 77.5 cm³/mol. The van der Waals surface area contributed by atoms with Gasteiger partial charge in [0.05, 0.1) is 11.5 Å². The van der Waals surface area contributed by atoms with Crippen LogP contribution in [-0.2, 0) is 4.79 Å². The lowest BCUT2D eigenvalue weighted by Gasteiger charge is -2.35. The average Bonchev–Trinajstić information content (AvgIpc) is 2.48. The molecule has 0 spiro atoms. The van der Waals surface area contributed by atoms with E-state index in [1.54, 1.807) is 12.1 Å². The first-order valence-corrected chi connectivity index (χ1v) is 7.34. The molecule has 1 aromatic rings. The molecule has 0 aromatic heterocycles. The van der Waals surface area contributed by atoms with Crippen LogP contribution in [0.4, 0.5) is 4.39 Å². The quantitative estimate of drug-likeness (QED) is 0.889. The number of nitrogens with one attached hydrogen (secondary N) is 1. The fraction of sp³-hybridized carbons (Fsp3) is 0.562. The van der Waals surface area contributed by atoms with Crippen LogP contribution in [-0.4, -0.2) is 12.5 Å². The summed E-state index contributed by atoms with van der Waals surface area (Å²) in [6.45, 7) is 2.31. The maximum absolute atomic E-state index is 12.9. The second-order valence-corrected chi connectivity index (χ2v) is 5.79. The second kappa shape index (κ2) is 6.35. The number of nitrogens with two attached hydrogens (primary N) is 1. The molecule has 3 N–H and O–H groups in total. The maximum Gasteiger partial charge on any atom is 0.227 e.